The highest BCUT2D eigenvalue weighted by atomic mass is 32.1. The quantitative estimate of drug-likeness (QED) is 0.522. The van der Waals surface area contributed by atoms with E-state index >= 15 is 0 Å². The van der Waals surface area contributed by atoms with Gasteiger partial charge in [0.1, 0.15) is 0 Å². The van der Waals surface area contributed by atoms with Gasteiger partial charge in [0.25, 0.3) is 5.69 Å². The summed E-state index contributed by atoms with van der Waals surface area (Å²) in [5.41, 5.74) is 3.39. The van der Waals surface area contributed by atoms with Crippen LogP contribution in [-0.4, -0.2) is 9.91 Å². The summed E-state index contributed by atoms with van der Waals surface area (Å²) in [6, 6.07) is 12.9. The van der Waals surface area contributed by atoms with E-state index in [0.29, 0.717) is 6.42 Å². The van der Waals surface area contributed by atoms with Crippen molar-refractivity contribution >= 4 is 17.0 Å². The lowest BCUT2D eigenvalue weighted by molar-refractivity contribution is -0.384. The first-order valence-corrected chi connectivity index (χ1v) is 7.68. The van der Waals surface area contributed by atoms with Crippen molar-refractivity contribution in [2.45, 2.75) is 13.3 Å². The largest absolute Gasteiger partial charge is 0.269 e. The van der Waals surface area contributed by atoms with Crippen molar-refractivity contribution in [3.8, 4) is 10.4 Å². The maximum atomic E-state index is 10.9. The second-order valence-electron chi connectivity index (χ2n) is 5.04. The molecular formula is C17H14N2O2S. The summed E-state index contributed by atoms with van der Waals surface area (Å²) < 4.78 is 0. The third kappa shape index (κ3) is 3.04. The molecule has 0 bridgehead atoms. The summed E-state index contributed by atoms with van der Waals surface area (Å²) >= 11 is 1.72. The lowest BCUT2D eigenvalue weighted by Crippen LogP contribution is -1.92. The Morgan fingerprint density at radius 2 is 2.09 bits per heavy atom. The number of thiophene rings is 1. The van der Waals surface area contributed by atoms with Gasteiger partial charge in [-0.15, -0.1) is 11.3 Å². The molecule has 3 aromatic rings. The molecule has 4 nitrogen and oxygen atoms in total. The number of aryl methyl sites for hydroxylation is 1. The molecule has 2 heterocycles. The molecule has 0 aliphatic rings. The number of hydrogen-bond acceptors (Lipinski definition) is 4. The summed E-state index contributed by atoms with van der Waals surface area (Å²) in [5, 5.41) is 10.9. The minimum absolute atomic E-state index is 0.137. The third-order valence-electron chi connectivity index (χ3n) is 3.48. The van der Waals surface area contributed by atoms with Crippen LogP contribution < -0.4 is 0 Å². The minimum Gasteiger partial charge on any atom is -0.264 e. The lowest BCUT2D eigenvalue weighted by Gasteiger charge is -2.01. The van der Waals surface area contributed by atoms with E-state index in [1.165, 1.54) is 21.4 Å². The van der Waals surface area contributed by atoms with Crippen molar-refractivity contribution in [1.29, 1.82) is 0 Å². The van der Waals surface area contributed by atoms with Crippen LogP contribution in [0.5, 0.6) is 0 Å². The Hall–Kier alpha value is -2.53. The Morgan fingerprint density at radius 3 is 2.82 bits per heavy atom. The van der Waals surface area contributed by atoms with Crippen LogP contribution in [0.3, 0.4) is 0 Å². The summed E-state index contributed by atoms with van der Waals surface area (Å²) in [6.07, 6.45) is 4.31. The zero-order valence-corrected chi connectivity index (χ0v) is 12.8. The van der Waals surface area contributed by atoms with Gasteiger partial charge in [-0.25, -0.2) is 0 Å². The standard InChI is InChI=1S/C17H14N2O2S/c1-12-15(8-13-4-2-6-16(9-13)19(20)21)10-17(22-12)14-5-3-7-18-11-14/h2-7,9-11H,8H2,1H3. The summed E-state index contributed by atoms with van der Waals surface area (Å²) in [6.45, 7) is 2.08. The fourth-order valence-electron chi connectivity index (χ4n) is 2.35. The summed E-state index contributed by atoms with van der Waals surface area (Å²) in [7, 11) is 0. The zero-order chi connectivity index (χ0) is 15.5. The number of nitro benzene ring substituents is 1. The lowest BCUT2D eigenvalue weighted by atomic mass is 10.0. The van der Waals surface area contributed by atoms with Gasteiger partial charge < -0.3 is 0 Å². The number of rotatable bonds is 4. The summed E-state index contributed by atoms with van der Waals surface area (Å²) in [5.74, 6) is 0. The normalized spacial score (nSPS) is 10.6. The maximum absolute atomic E-state index is 10.9. The number of hydrogen-bond donors (Lipinski definition) is 0. The van der Waals surface area contributed by atoms with Crippen LogP contribution in [0.1, 0.15) is 16.0 Å². The van der Waals surface area contributed by atoms with Crippen LogP contribution in [0.25, 0.3) is 10.4 Å². The van der Waals surface area contributed by atoms with E-state index in [1.807, 2.05) is 24.4 Å². The summed E-state index contributed by atoms with van der Waals surface area (Å²) in [4.78, 5) is 17.1. The number of benzene rings is 1. The van der Waals surface area contributed by atoms with Crippen molar-refractivity contribution in [1.82, 2.24) is 4.98 Å². The molecule has 0 saturated heterocycles. The average Bonchev–Trinajstić information content (AvgIpc) is 2.89. The fraction of sp³-hybridized carbons (Fsp3) is 0.118. The maximum Gasteiger partial charge on any atom is 0.269 e. The number of aromatic nitrogens is 1. The Labute approximate surface area is 132 Å². The highest BCUT2D eigenvalue weighted by Crippen LogP contribution is 2.32. The van der Waals surface area contributed by atoms with Crippen LogP contribution in [0.15, 0.2) is 54.9 Å². The second-order valence-corrected chi connectivity index (χ2v) is 6.29. The van der Waals surface area contributed by atoms with Crippen molar-refractivity contribution in [2.75, 3.05) is 0 Å². The number of non-ortho nitro benzene ring substituents is 1. The van der Waals surface area contributed by atoms with Crippen LogP contribution in [-0.2, 0) is 6.42 Å². The van der Waals surface area contributed by atoms with Gasteiger partial charge in [-0.3, -0.25) is 15.1 Å². The van der Waals surface area contributed by atoms with Crippen LogP contribution in [0, 0.1) is 17.0 Å². The molecule has 5 heteroatoms. The molecule has 0 fully saturated rings. The van der Waals surface area contributed by atoms with E-state index in [2.05, 4.69) is 18.0 Å². The van der Waals surface area contributed by atoms with E-state index in [1.54, 1.807) is 29.7 Å². The Kier molecular flexibility index (Phi) is 3.98. The van der Waals surface area contributed by atoms with Gasteiger partial charge in [0.15, 0.2) is 0 Å². The van der Waals surface area contributed by atoms with Crippen molar-refractivity contribution in [3.05, 3.63) is 81.0 Å². The monoisotopic (exact) mass is 310 g/mol. The third-order valence-corrected chi connectivity index (χ3v) is 4.62. The number of nitrogens with zero attached hydrogens (tertiary/aromatic N) is 2. The second kappa shape index (κ2) is 6.07. The SMILES string of the molecule is Cc1sc(-c2cccnc2)cc1Cc1cccc([N+](=O)[O-])c1. The molecule has 0 radical (unpaired) electrons. The van der Waals surface area contributed by atoms with E-state index < -0.39 is 0 Å². The molecule has 3 rings (SSSR count). The molecule has 0 aliphatic carbocycles. The molecule has 0 amide bonds. The van der Waals surface area contributed by atoms with Crippen LogP contribution >= 0.6 is 11.3 Å². The minimum atomic E-state index is -0.356. The van der Waals surface area contributed by atoms with Crippen molar-refractivity contribution in [3.63, 3.8) is 0 Å². The van der Waals surface area contributed by atoms with Gasteiger partial charge in [0, 0.05) is 39.8 Å². The highest BCUT2D eigenvalue weighted by molar-refractivity contribution is 7.15. The molecule has 0 unspecified atom stereocenters. The first kappa shape index (κ1) is 14.4. The topological polar surface area (TPSA) is 56.0 Å². The molecule has 2 aromatic heterocycles. The molecular weight excluding hydrogens is 296 g/mol. The van der Waals surface area contributed by atoms with E-state index in [-0.39, 0.29) is 10.6 Å². The van der Waals surface area contributed by atoms with Gasteiger partial charge in [-0.2, -0.15) is 0 Å². The van der Waals surface area contributed by atoms with E-state index in [4.69, 9.17) is 0 Å². The zero-order valence-electron chi connectivity index (χ0n) is 12.0. The predicted octanol–water partition coefficient (Wildman–Crippen LogP) is 4.62. The van der Waals surface area contributed by atoms with Gasteiger partial charge in [-0.05, 0) is 36.6 Å². The van der Waals surface area contributed by atoms with Gasteiger partial charge >= 0.3 is 0 Å². The average molecular weight is 310 g/mol. The molecule has 110 valence electrons. The van der Waals surface area contributed by atoms with Crippen molar-refractivity contribution in [2.24, 2.45) is 0 Å². The molecule has 0 atom stereocenters. The van der Waals surface area contributed by atoms with Crippen LogP contribution in [0.2, 0.25) is 0 Å². The van der Waals surface area contributed by atoms with Gasteiger partial charge in [0.05, 0.1) is 4.92 Å². The molecule has 22 heavy (non-hydrogen) atoms. The Balaban J connectivity index is 1.89. The Morgan fingerprint density at radius 1 is 1.23 bits per heavy atom. The van der Waals surface area contributed by atoms with E-state index in [0.717, 1.165) is 11.1 Å². The predicted molar refractivity (Wildman–Crippen MR) is 88.2 cm³/mol. The smallest absolute Gasteiger partial charge is 0.264 e. The Bertz CT molecular complexity index is 813. The van der Waals surface area contributed by atoms with Gasteiger partial charge in [0.2, 0.25) is 0 Å². The van der Waals surface area contributed by atoms with E-state index in [9.17, 15) is 10.1 Å². The van der Waals surface area contributed by atoms with Crippen LogP contribution in [0.4, 0.5) is 5.69 Å². The fourth-order valence-corrected chi connectivity index (χ4v) is 3.38. The molecule has 0 aliphatic heterocycles. The molecule has 0 spiro atoms. The molecule has 0 saturated carbocycles. The highest BCUT2D eigenvalue weighted by Gasteiger charge is 2.10. The molecule has 0 N–H and O–H groups in total. The first-order valence-electron chi connectivity index (χ1n) is 6.86. The first-order chi connectivity index (χ1) is 10.6. The van der Waals surface area contributed by atoms with Gasteiger partial charge in [-0.1, -0.05) is 18.2 Å². The number of pyridine rings is 1. The molecule has 1 aromatic carbocycles. The number of nitro groups is 1. The van der Waals surface area contributed by atoms with Crippen molar-refractivity contribution < 1.29 is 4.92 Å².